The summed E-state index contributed by atoms with van der Waals surface area (Å²) in [5.74, 6) is 0. The van der Waals surface area contributed by atoms with E-state index in [1.165, 1.54) is 12.1 Å². The number of halogens is 4. The standard InChI is InChI=1S/C10H11F3INO2/c11-10(12,13)8-3-6(1-2-9(8)14)15-4-7(17)5-16/h1-3,7,15-17H,4-5H2. The smallest absolute Gasteiger partial charge is 0.394 e. The van der Waals surface area contributed by atoms with Crippen molar-refractivity contribution in [3.05, 3.63) is 27.3 Å². The number of alkyl halides is 3. The summed E-state index contributed by atoms with van der Waals surface area (Å²) in [6, 6.07) is 3.81. The molecule has 0 saturated carbocycles. The van der Waals surface area contributed by atoms with E-state index in [-0.39, 0.29) is 15.8 Å². The Morgan fingerprint density at radius 2 is 2.00 bits per heavy atom. The van der Waals surface area contributed by atoms with Gasteiger partial charge in [0.2, 0.25) is 0 Å². The average molecular weight is 361 g/mol. The Bertz CT molecular complexity index is 384. The van der Waals surface area contributed by atoms with Gasteiger partial charge in [-0.15, -0.1) is 0 Å². The predicted octanol–water partition coefficient (Wildman–Crippen LogP) is 2.08. The fourth-order valence-electron chi connectivity index (χ4n) is 1.15. The first kappa shape index (κ1) is 14.5. The third-order valence-corrected chi connectivity index (χ3v) is 2.96. The predicted molar refractivity (Wildman–Crippen MR) is 65.7 cm³/mol. The van der Waals surface area contributed by atoms with Crippen molar-refractivity contribution in [3.8, 4) is 0 Å². The maximum absolute atomic E-state index is 12.6. The molecule has 0 aromatic heterocycles. The number of aliphatic hydroxyl groups is 2. The van der Waals surface area contributed by atoms with Gasteiger partial charge in [0, 0.05) is 15.8 Å². The summed E-state index contributed by atoms with van der Waals surface area (Å²) in [5.41, 5.74) is -0.466. The van der Waals surface area contributed by atoms with Gasteiger partial charge in [0.1, 0.15) is 0 Å². The molecule has 96 valence electrons. The fraction of sp³-hybridized carbons (Fsp3) is 0.400. The van der Waals surface area contributed by atoms with E-state index in [1.807, 2.05) is 0 Å². The monoisotopic (exact) mass is 361 g/mol. The van der Waals surface area contributed by atoms with Crippen LogP contribution in [-0.4, -0.2) is 29.5 Å². The third-order valence-electron chi connectivity index (χ3n) is 2.02. The Balaban J connectivity index is 2.82. The second-order valence-electron chi connectivity index (χ2n) is 3.41. The first-order valence-corrected chi connectivity index (χ1v) is 5.82. The van der Waals surface area contributed by atoms with Crippen molar-refractivity contribution < 1.29 is 23.4 Å². The summed E-state index contributed by atoms with van der Waals surface area (Å²) >= 11 is 1.61. The number of nitrogens with one attached hydrogen (secondary N) is 1. The Morgan fingerprint density at radius 1 is 1.35 bits per heavy atom. The number of hydrogen-bond acceptors (Lipinski definition) is 3. The number of rotatable bonds is 4. The molecule has 1 rings (SSSR count). The van der Waals surface area contributed by atoms with E-state index in [1.54, 1.807) is 22.6 Å². The SMILES string of the molecule is OCC(O)CNc1ccc(I)c(C(F)(F)F)c1. The van der Waals surface area contributed by atoms with Crippen molar-refractivity contribution >= 4 is 28.3 Å². The van der Waals surface area contributed by atoms with Crippen molar-refractivity contribution in [1.82, 2.24) is 0 Å². The summed E-state index contributed by atoms with van der Waals surface area (Å²) in [6.45, 7) is -0.447. The van der Waals surface area contributed by atoms with Crippen molar-refractivity contribution in [3.63, 3.8) is 0 Å². The number of anilines is 1. The lowest BCUT2D eigenvalue weighted by Gasteiger charge is -2.14. The van der Waals surface area contributed by atoms with Crippen LogP contribution in [0.4, 0.5) is 18.9 Å². The molecule has 0 fully saturated rings. The summed E-state index contributed by atoms with van der Waals surface area (Å²) in [5, 5.41) is 20.3. The van der Waals surface area contributed by atoms with Gasteiger partial charge in [0.25, 0.3) is 0 Å². The van der Waals surface area contributed by atoms with E-state index in [0.29, 0.717) is 0 Å². The lowest BCUT2D eigenvalue weighted by atomic mass is 10.2. The van der Waals surface area contributed by atoms with Crippen molar-refractivity contribution in [2.75, 3.05) is 18.5 Å². The zero-order valence-corrected chi connectivity index (χ0v) is 10.8. The van der Waals surface area contributed by atoms with Gasteiger partial charge in [0.05, 0.1) is 18.3 Å². The molecule has 0 radical (unpaired) electrons. The average Bonchev–Trinajstić information content (AvgIpc) is 2.26. The van der Waals surface area contributed by atoms with Crippen molar-refractivity contribution in [2.45, 2.75) is 12.3 Å². The molecule has 0 aliphatic carbocycles. The molecule has 0 amide bonds. The van der Waals surface area contributed by atoms with E-state index in [2.05, 4.69) is 5.32 Å². The van der Waals surface area contributed by atoms with Gasteiger partial charge in [0.15, 0.2) is 0 Å². The van der Waals surface area contributed by atoms with E-state index in [9.17, 15) is 13.2 Å². The molecule has 1 aromatic rings. The molecule has 3 nitrogen and oxygen atoms in total. The number of benzene rings is 1. The second kappa shape index (κ2) is 5.87. The van der Waals surface area contributed by atoms with E-state index in [0.717, 1.165) is 6.07 Å². The molecular weight excluding hydrogens is 350 g/mol. The van der Waals surface area contributed by atoms with Crippen LogP contribution in [0.5, 0.6) is 0 Å². The number of aliphatic hydroxyl groups excluding tert-OH is 2. The summed E-state index contributed by atoms with van der Waals surface area (Å²) in [4.78, 5) is 0. The molecule has 0 heterocycles. The molecule has 1 atom stereocenters. The zero-order valence-electron chi connectivity index (χ0n) is 8.63. The number of hydrogen-bond donors (Lipinski definition) is 3. The summed E-state index contributed by atoms with van der Waals surface area (Å²) in [7, 11) is 0. The van der Waals surface area contributed by atoms with Crippen LogP contribution in [0.3, 0.4) is 0 Å². The van der Waals surface area contributed by atoms with E-state index in [4.69, 9.17) is 10.2 Å². The third kappa shape index (κ3) is 4.32. The molecular formula is C10H11F3INO2. The molecule has 1 unspecified atom stereocenters. The van der Waals surface area contributed by atoms with Gasteiger partial charge in [-0.1, -0.05) is 0 Å². The van der Waals surface area contributed by atoms with Crippen LogP contribution in [0.1, 0.15) is 5.56 Å². The van der Waals surface area contributed by atoms with Crippen LogP contribution in [-0.2, 0) is 6.18 Å². The van der Waals surface area contributed by atoms with Crippen molar-refractivity contribution in [1.29, 1.82) is 0 Å². The summed E-state index contributed by atoms with van der Waals surface area (Å²) < 4.78 is 37.8. The summed E-state index contributed by atoms with van der Waals surface area (Å²) in [6.07, 6.45) is -5.40. The topological polar surface area (TPSA) is 52.5 Å². The molecule has 1 aromatic carbocycles. The molecule has 0 spiro atoms. The molecule has 0 aliphatic rings. The molecule has 0 saturated heterocycles. The van der Waals surface area contributed by atoms with Gasteiger partial charge in [-0.3, -0.25) is 0 Å². The van der Waals surface area contributed by atoms with Crippen LogP contribution in [0.25, 0.3) is 0 Å². The molecule has 3 N–H and O–H groups in total. The highest BCUT2D eigenvalue weighted by Gasteiger charge is 2.33. The minimum atomic E-state index is -4.40. The van der Waals surface area contributed by atoms with Gasteiger partial charge in [-0.05, 0) is 40.8 Å². The largest absolute Gasteiger partial charge is 0.417 e. The van der Waals surface area contributed by atoms with Gasteiger partial charge in [-0.25, -0.2) is 0 Å². The van der Waals surface area contributed by atoms with Gasteiger partial charge < -0.3 is 15.5 Å². The van der Waals surface area contributed by atoms with Crippen molar-refractivity contribution in [2.24, 2.45) is 0 Å². The Kier molecular flexibility index (Phi) is 5.02. The van der Waals surface area contributed by atoms with Crippen LogP contribution in [0.2, 0.25) is 0 Å². The van der Waals surface area contributed by atoms with E-state index >= 15 is 0 Å². The van der Waals surface area contributed by atoms with Crippen LogP contribution in [0.15, 0.2) is 18.2 Å². The van der Waals surface area contributed by atoms with Crippen LogP contribution < -0.4 is 5.32 Å². The highest BCUT2D eigenvalue weighted by molar-refractivity contribution is 14.1. The maximum atomic E-state index is 12.6. The Morgan fingerprint density at radius 3 is 2.53 bits per heavy atom. The highest BCUT2D eigenvalue weighted by atomic mass is 127. The first-order chi connectivity index (χ1) is 7.84. The molecule has 0 bridgehead atoms. The minimum Gasteiger partial charge on any atom is -0.394 e. The fourth-order valence-corrected chi connectivity index (χ4v) is 1.79. The van der Waals surface area contributed by atoms with E-state index < -0.39 is 24.5 Å². The lowest BCUT2D eigenvalue weighted by Crippen LogP contribution is -2.23. The second-order valence-corrected chi connectivity index (χ2v) is 4.57. The highest BCUT2D eigenvalue weighted by Crippen LogP contribution is 2.34. The quantitative estimate of drug-likeness (QED) is 0.720. The zero-order chi connectivity index (χ0) is 13.1. The minimum absolute atomic E-state index is 0.00557. The normalized spacial score (nSPS) is 13.5. The van der Waals surface area contributed by atoms with Gasteiger partial charge >= 0.3 is 6.18 Å². The molecule has 0 aliphatic heterocycles. The maximum Gasteiger partial charge on any atom is 0.417 e. The first-order valence-electron chi connectivity index (χ1n) is 4.74. The van der Waals surface area contributed by atoms with Gasteiger partial charge in [-0.2, -0.15) is 13.2 Å². The Labute approximate surface area is 110 Å². The van der Waals surface area contributed by atoms with Crippen LogP contribution in [0, 0.1) is 3.57 Å². The lowest BCUT2D eigenvalue weighted by molar-refractivity contribution is -0.138. The van der Waals surface area contributed by atoms with Crippen LogP contribution >= 0.6 is 22.6 Å². The molecule has 17 heavy (non-hydrogen) atoms. The Hall–Kier alpha value is -0.540. The molecule has 7 heteroatoms.